The third kappa shape index (κ3) is 2.40. The van der Waals surface area contributed by atoms with Crippen molar-refractivity contribution >= 4 is 11.9 Å². The number of hydrogen-bond donors (Lipinski definition) is 0. The van der Waals surface area contributed by atoms with Crippen molar-refractivity contribution in [1.82, 2.24) is 0 Å². The van der Waals surface area contributed by atoms with Crippen LogP contribution in [-0.4, -0.2) is 26.2 Å². The Bertz CT molecular complexity index is 370. The molecular weight excluding hydrogens is 220 g/mol. The van der Waals surface area contributed by atoms with E-state index >= 15 is 0 Å². The Kier molecular flexibility index (Phi) is 4.10. The summed E-state index contributed by atoms with van der Waals surface area (Å²) in [7, 11) is 2.57. The van der Waals surface area contributed by atoms with Gasteiger partial charge in [-0.1, -0.05) is 17.7 Å². The molecule has 1 aliphatic rings. The first kappa shape index (κ1) is 13.5. The summed E-state index contributed by atoms with van der Waals surface area (Å²) in [5.74, 6) is -1.07. The van der Waals surface area contributed by atoms with Gasteiger partial charge in [-0.15, -0.1) is 0 Å². The minimum Gasteiger partial charge on any atom is -0.468 e. The number of hydrogen-bond acceptors (Lipinski definition) is 4. The Labute approximate surface area is 101 Å². The van der Waals surface area contributed by atoms with Gasteiger partial charge in [-0.3, -0.25) is 9.59 Å². The summed E-state index contributed by atoms with van der Waals surface area (Å²) >= 11 is 0. The highest BCUT2D eigenvalue weighted by molar-refractivity contribution is 6.01. The first-order chi connectivity index (χ1) is 7.97. The molecule has 4 heteroatoms. The van der Waals surface area contributed by atoms with Crippen LogP contribution in [-0.2, 0) is 19.1 Å². The second kappa shape index (κ2) is 5.17. The molecule has 0 unspecified atom stereocenters. The third-order valence-corrected chi connectivity index (χ3v) is 3.07. The number of methoxy groups -OCH3 is 2. The molecule has 4 nitrogen and oxygen atoms in total. The second-order valence-electron chi connectivity index (χ2n) is 4.37. The summed E-state index contributed by atoms with van der Waals surface area (Å²) in [6, 6.07) is 0. The lowest BCUT2D eigenvalue weighted by Gasteiger charge is -2.30. The number of rotatable bonds is 2. The van der Waals surface area contributed by atoms with E-state index in [-0.39, 0.29) is 0 Å². The van der Waals surface area contributed by atoms with E-state index < -0.39 is 17.4 Å². The molecule has 0 aromatic rings. The zero-order chi connectivity index (χ0) is 13.1. The minimum absolute atomic E-state index is 0.323. The second-order valence-corrected chi connectivity index (χ2v) is 4.37. The normalized spacial score (nSPS) is 17.5. The number of carbonyl (C=O) groups excluding carboxylic acids is 2. The molecule has 94 valence electrons. The van der Waals surface area contributed by atoms with Gasteiger partial charge in [-0.25, -0.2) is 0 Å². The van der Waals surface area contributed by atoms with E-state index in [4.69, 9.17) is 9.47 Å². The molecule has 0 aliphatic heterocycles. The molecule has 0 heterocycles. The van der Waals surface area contributed by atoms with Crippen LogP contribution in [0.25, 0.3) is 0 Å². The maximum Gasteiger partial charge on any atom is 0.323 e. The average molecular weight is 238 g/mol. The third-order valence-electron chi connectivity index (χ3n) is 3.07. The van der Waals surface area contributed by atoms with Crippen molar-refractivity contribution in [2.75, 3.05) is 14.2 Å². The molecule has 17 heavy (non-hydrogen) atoms. The maximum atomic E-state index is 11.9. The van der Waals surface area contributed by atoms with Gasteiger partial charge in [0, 0.05) is 0 Å². The Balaban J connectivity index is 3.19. The van der Waals surface area contributed by atoms with Crippen molar-refractivity contribution in [3.05, 3.63) is 23.3 Å². The Morgan fingerprint density at radius 1 is 1.18 bits per heavy atom. The molecular formula is C13H18O4. The molecule has 0 saturated carbocycles. The predicted octanol–water partition coefficient (Wildman–Crippen LogP) is 2.01. The molecule has 1 aliphatic carbocycles. The monoisotopic (exact) mass is 238 g/mol. The van der Waals surface area contributed by atoms with E-state index in [1.54, 1.807) is 0 Å². The van der Waals surface area contributed by atoms with Gasteiger partial charge in [0.2, 0.25) is 0 Å². The van der Waals surface area contributed by atoms with Crippen molar-refractivity contribution in [2.45, 2.75) is 26.7 Å². The average Bonchev–Trinajstić information content (AvgIpc) is 2.36. The van der Waals surface area contributed by atoms with Crippen LogP contribution in [0.15, 0.2) is 23.3 Å². The number of esters is 2. The maximum absolute atomic E-state index is 11.9. The van der Waals surface area contributed by atoms with Gasteiger partial charge in [-0.2, -0.15) is 0 Å². The Hall–Kier alpha value is -1.58. The van der Waals surface area contributed by atoms with Gasteiger partial charge in [0.05, 0.1) is 14.2 Å². The molecule has 0 aromatic heterocycles. The van der Waals surface area contributed by atoms with Gasteiger partial charge in [0.1, 0.15) is 0 Å². The lowest BCUT2D eigenvalue weighted by molar-refractivity contribution is -0.169. The lowest BCUT2D eigenvalue weighted by Crippen LogP contribution is -2.42. The SMILES string of the molecule is COC(=O)C1(C(=O)OC)CC=CC(=C(C)C)C1. The van der Waals surface area contributed by atoms with Crippen molar-refractivity contribution in [3.8, 4) is 0 Å². The fourth-order valence-electron chi connectivity index (χ4n) is 1.99. The van der Waals surface area contributed by atoms with E-state index in [2.05, 4.69) is 0 Å². The molecule has 0 saturated heterocycles. The molecule has 0 N–H and O–H groups in total. The van der Waals surface area contributed by atoms with E-state index in [0.29, 0.717) is 12.8 Å². The highest BCUT2D eigenvalue weighted by Crippen LogP contribution is 2.38. The van der Waals surface area contributed by atoms with E-state index in [9.17, 15) is 9.59 Å². The molecule has 1 rings (SSSR count). The molecule has 0 fully saturated rings. The molecule has 0 amide bonds. The van der Waals surface area contributed by atoms with Crippen LogP contribution in [0.1, 0.15) is 26.7 Å². The molecule has 0 atom stereocenters. The highest BCUT2D eigenvalue weighted by atomic mass is 16.5. The van der Waals surface area contributed by atoms with E-state index in [1.165, 1.54) is 14.2 Å². The smallest absolute Gasteiger partial charge is 0.323 e. The van der Waals surface area contributed by atoms with Crippen molar-refractivity contribution in [1.29, 1.82) is 0 Å². The van der Waals surface area contributed by atoms with Crippen LogP contribution in [0, 0.1) is 5.41 Å². The predicted molar refractivity (Wildman–Crippen MR) is 63.2 cm³/mol. The van der Waals surface area contributed by atoms with Gasteiger partial charge >= 0.3 is 11.9 Å². The van der Waals surface area contributed by atoms with Gasteiger partial charge in [-0.05, 0) is 32.3 Å². The fraction of sp³-hybridized carbons (Fsp3) is 0.538. The van der Waals surface area contributed by atoms with Crippen LogP contribution in [0.3, 0.4) is 0 Å². The summed E-state index contributed by atoms with van der Waals surface area (Å²) in [6.07, 6.45) is 4.42. The summed E-state index contributed by atoms with van der Waals surface area (Å²) < 4.78 is 9.50. The van der Waals surface area contributed by atoms with Crippen LogP contribution < -0.4 is 0 Å². The standard InChI is InChI=1S/C13H18O4/c1-9(2)10-6-5-7-13(8-10,11(14)16-3)12(15)17-4/h5-6H,7-8H2,1-4H3. The zero-order valence-corrected chi connectivity index (χ0v) is 10.7. The molecule has 0 radical (unpaired) electrons. The Morgan fingerprint density at radius 3 is 2.12 bits per heavy atom. The highest BCUT2D eigenvalue weighted by Gasteiger charge is 2.49. The van der Waals surface area contributed by atoms with E-state index in [1.807, 2.05) is 26.0 Å². The topological polar surface area (TPSA) is 52.6 Å². The fourth-order valence-corrected chi connectivity index (χ4v) is 1.99. The zero-order valence-electron chi connectivity index (χ0n) is 10.7. The lowest BCUT2D eigenvalue weighted by atomic mass is 9.74. The van der Waals surface area contributed by atoms with Crippen molar-refractivity contribution < 1.29 is 19.1 Å². The number of carbonyl (C=O) groups is 2. The summed E-state index contributed by atoms with van der Waals surface area (Å²) in [5.41, 5.74) is 0.843. The summed E-state index contributed by atoms with van der Waals surface area (Å²) in [6.45, 7) is 3.90. The van der Waals surface area contributed by atoms with Crippen LogP contribution in [0.2, 0.25) is 0 Å². The first-order valence-electron chi connectivity index (χ1n) is 5.47. The minimum atomic E-state index is -1.22. The quantitative estimate of drug-likeness (QED) is 0.545. The molecule has 0 spiro atoms. The first-order valence-corrected chi connectivity index (χ1v) is 5.47. The number of allylic oxidation sites excluding steroid dienone is 4. The molecule has 0 bridgehead atoms. The molecule has 0 aromatic carbocycles. The Morgan fingerprint density at radius 2 is 1.71 bits per heavy atom. The summed E-state index contributed by atoms with van der Waals surface area (Å²) in [4.78, 5) is 23.8. The van der Waals surface area contributed by atoms with Crippen molar-refractivity contribution in [3.63, 3.8) is 0 Å². The summed E-state index contributed by atoms with van der Waals surface area (Å²) in [5, 5.41) is 0. The van der Waals surface area contributed by atoms with Gasteiger partial charge < -0.3 is 9.47 Å². The van der Waals surface area contributed by atoms with Crippen LogP contribution >= 0.6 is 0 Å². The van der Waals surface area contributed by atoms with Crippen LogP contribution in [0.4, 0.5) is 0 Å². The van der Waals surface area contributed by atoms with E-state index in [0.717, 1.165) is 11.1 Å². The van der Waals surface area contributed by atoms with Crippen LogP contribution in [0.5, 0.6) is 0 Å². The van der Waals surface area contributed by atoms with Gasteiger partial charge in [0.15, 0.2) is 5.41 Å². The van der Waals surface area contributed by atoms with Crippen molar-refractivity contribution in [2.24, 2.45) is 5.41 Å². The number of ether oxygens (including phenoxy) is 2. The van der Waals surface area contributed by atoms with Gasteiger partial charge in [0.25, 0.3) is 0 Å². The largest absolute Gasteiger partial charge is 0.468 e.